The van der Waals surface area contributed by atoms with Gasteiger partial charge in [-0.25, -0.2) is 9.78 Å². The largest absolute Gasteiger partial charge is 0.477 e. The summed E-state index contributed by atoms with van der Waals surface area (Å²) in [5.74, 6) is -0.332. The summed E-state index contributed by atoms with van der Waals surface area (Å²) < 4.78 is 0. The number of carbonyl (C=O) groups excluding carboxylic acids is 1. The molecule has 0 aliphatic carbocycles. The summed E-state index contributed by atoms with van der Waals surface area (Å²) in [6.45, 7) is 1.98. The van der Waals surface area contributed by atoms with Crippen molar-refractivity contribution in [2.75, 3.05) is 19.1 Å². The molecule has 0 spiro atoms. The first-order chi connectivity index (χ1) is 8.97. The smallest absolute Gasteiger partial charge is 0.354 e. The molecular weight excluding hydrogens is 264 g/mol. The van der Waals surface area contributed by atoms with E-state index in [0.29, 0.717) is 5.56 Å². The Morgan fingerprint density at radius 1 is 1.53 bits per heavy atom. The minimum absolute atomic E-state index is 0.112. The molecule has 0 aliphatic rings. The lowest BCUT2D eigenvalue weighted by Crippen LogP contribution is -2.35. The number of aromatic carboxylic acids is 1. The Kier molecular flexibility index (Phi) is 5.82. The van der Waals surface area contributed by atoms with Gasteiger partial charge in [-0.15, -0.1) is 0 Å². The lowest BCUT2D eigenvalue weighted by Gasteiger charge is -2.24. The van der Waals surface area contributed by atoms with E-state index in [9.17, 15) is 9.59 Å². The lowest BCUT2D eigenvalue weighted by molar-refractivity contribution is 0.0690. The molecule has 1 amide bonds. The molecule has 1 rings (SSSR count). The number of nitrogens with zero attached hydrogens (tertiary/aromatic N) is 2. The predicted molar refractivity (Wildman–Crippen MR) is 75.8 cm³/mol. The third-order valence-electron chi connectivity index (χ3n) is 2.95. The summed E-state index contributed by atoms with van der Waals surface area (Å²) in [4.78, 5) is 28.4. The zero-order valence-corrected chi connectivity index (χ0v) is 12.1. The third kappa shape index (κ3) is 4.24. The molecule has 5 nitrogen and oxygen atoms in total. The van der Waals surface area contributed by atoms with Crippen LogP contribution in [0.25, 0.3) is 0 Å². The molecule has 1 aromatic rings. The summed E-state index contributed by atoms with van der Waals surface area (Å²) in [7, 11) is 1.73. The SMILES string of the molecule is CSCCC(C)N(C)C(=O)c1ccnc(C(=O)O)c1. The van der Waals surface area contributed by atoms with Gasteiger partial charge in [-0.1, -0.05) is 0 Å². The molecule has 1 unspecified atom stereocenters. The van der Waals surface area contributed by atoms with E-state index >= 15 is 0 Å². The zero-order chi connectivity index (χ0) is 14.4. The molecule has 1 heterocycles. The van der Waals surface area contributed by atoms with Gasteiger partial charge in [-0.2, -0.15) is 11.8 Å². The van der Waals surface area contributed by atoms with E-state index in [1.54, 1.807) is 23.7 Å². The van der Waals surface area contributed by atoms with E-state index in [-0.39, 0.29) is 17.6 Å². The van der Waals surface area contributed by atoms with Gasteiger partial charge in [-0.05, 0) is 37.5 Å². The average molecular weight is 282 g/mol. The van der Waals surface area contributed by atoms with Gasteiger partial charge >= 0.3 is 5.97 Å². The Labute approximate surface area is 117 Å². The second-order valence-corrected chi connectivity index (χ2v) is 5.27. The summed E-state index contributed by atoms with van der Waals surface area (Å²) in [6, 6.07) is 2.95. The van der Waals surface area contributed by atoms with Gasteiger partial charge in [-0.3, -0.25) is 4.79 Å². The van der Waals surface area contributed by atoms with E-state index in [2.05, 4.69) is 4.98 Å². The summed E-state index contributed by atoms with van der Waals surface area (Å²) in [5, 5.41) is 8.86. The number of amides is 1. The molecule has 0 aliphatic heterocycles. The van der Waals surface area contributed by atoms with Crippen LogP contribution in [-0.2, 0) is 0 Å². The van der Waals surface area contributed by atoms with E-state index in [4.69, 9.17) is 5.11 Å². The van der Waals surface area contributed by atoms with Crippen LogP contribution in [0.15, 0.2) is 18.3 Å². The number of carbonyl (C=O) groups is 2. The number of carboxylic acids is 1. The van der Waals surface area contributed by atoms with Crippen LogP contribution in [0.1, 0.15) is 34.2 Å². The second kappa shape index (κ2) is 7.13. The van der Waals surface area contributed by atoms with Crippen molar-refractivity contribution in [2.24, 2.45) is 0 Å². The maximum Gasteiger partial charge on any atom is 0.354 e. The molecule has 0 fully saturated rings. The Morgan fingerprint density at radius 2 is 2.21 bits per heavy atom. The number of thioether (sulfide) groups is 1. The minimum Gasteiger partial charge on any atom is -0.477 e. The summed E-state index contributed by atoms with van der Waals surface area (Å²) in [6.07, 6.45) is 4.27. The Balaban J connectivity index is 2.81. The third-order valence-corrected chi connectivity index (χ3v) is 3.59. The highest BCUT2D eigenvalue weighted by Crippen LogP contribution is 2.11. The summed E-state index contributed by atoms with van der Waals surface area (Å²) in [5.41, 5.74) is 0.238. The summed E-state index contributed by atoms with van der Waals surface area (Å²) >= 11 is 1.74. The molecule has 1 N–H and O–H groups in total. The van der Waals surface area contributed by atoms with Gasteiger partial charge < -0.3 is 10.0 Å². The molecular formula is C13H18N2O3S. The van der Waals surface area contributed by atoms with Gasteiger partial charge in [0.1, 0.15) is 5.69 Å². The van der Waals surface area contributed by atoms with Crippen molar-refractivity contribution in [3.05, 3.63) is 29.6 Å². The predicted octanol–water partition coefficient (Wildman–Crippen LogP) is 1.99. The molecule has 0 radical (unpaired) electrons. The van der Waals surface area contributed by atoms with Gasteiger partial charge in [0, 0.05) is 24.8 Å². The van der Waals surface area contributed by atoms with E-state index < -0.39 is 5.97 Å². The van der Waals surface area contributed by atoms with Crippen molar-refractivity contribution in [1.82, 2.24) is 9.88 Å². The van der Waals surface area contributed by atoms with Crippen LogP contribution in [0.2, 0.25) is 0 Å². The highest BCUT2D eigenvalue weighted by atomic mass is 32.2. The monoisotopic (exact) mass is 282 g/mol. The van der Waals surface area contributed by atoms with Crippen LogP contribution < -0.4 is 0 Å². The van der Waals surface area contributed by atoms with E-state index in [0.717, 1.165) is 12.2 Å². The normalized spacial score (nSPS) is 11.9. The lowest BCUT2D eigenvalue weighted by atomic mass is 10.1. The maximum absolute atomic E-state index is 12.2. The fourth-order valence-electron chi connectivity index (χ4n) is 1.57. The van der Waals surface area contributed by atoms with Crippen LogP contribution >= 0.6 is 11.8 Å². The van der Waals surface area contributed by atoms with Crippen molar-refractivity contribution < 1.29 is 14.7 Å². The van der Waals surface area contributed by atoms with Crippen molar-refractivity contribution in [2.45, 2.75) is 19.4 Å². The maximum atomic E-state index is 12.2. The zero-order valence-electron chi connectivity index (χ0n) is 11.3. The average Bonchev–Trinajstić information content (AvgIpc) is 2.43. The number of carboxylic acid groups (broad SMARTS) is 1. The molecule has 0 bridgehead atoms. The molecule has 1 aromatic heterocycles. The highest BCUT2D eigenvalue weighted by Gasteiger charge is 2.18. The number of aromatic nitrogens is 1. The van der Waals surface area contributed by atoms with Gasteiger partial charge in [0.2, 0.25) is 0 Å². The highest BCUT2D eigenvalue weighted by molar-refractivity contribution is 7.98. The minimum atomic E-state index is -1.13. The van der Waals surface area contributed by atoms with Crippen LogP contribution in [-0.4, -0.2) is 52.0 Å². The Bertz CT molecular complexity index is 465. The van der Waals surface area contributed by atoms with Gasteiger partial charge in [0.05, 0.1) is 0 Å². The van der Waals surface area contributed by atoms with Crippen LogP contribution in [0, 0.1) is 0 Å². The van der Waals surface area contributed by atoms with Crippen molar-refractivity contribution >= 4 is 23.6 Å². The number of hydrogen-bond acceptors (Lipinski definition) is 4. The fourth-order valence-corrected chi connectivity index (χ4v) is 2.14. The Hall–Kier alpha value is -1.56. The number of rotatable bonds is 6. The molecule has 6 heteroatoms. The second-order valence-electron chi connectivity index (χ2n) is 4.28. The molecule has 0 aromatic carbocycles. The van der Waals surface area contributed by atoms with Gasteiger partial charge in [0.15, 0.2) is 0 Å². The molecule has 104 valence electrons. The quantitative estimate of drug-likeness (QED) is 0.864. The van der Waals surface area contributed by atoms with Crippen LogP contribution in [0.4, 0.5) is 0 Å². The molecule has 0 saturated carbocycles. The van der Waals surface area contributed by atoms with Crippen LogP contribution in [0.3, 0.4) is 0 Å². The molecule has 19 heavy (non-hydrogen) atoms. The van der Waals surface area contributed by atoms with Gasteiger partial charge in [0.25, 0.3) is 5.91 Å². The van der Waals surface area contributed by atoms with Crippen LogP contribution in [0.5, 0.6) is 0 Å². The number of hydrogen-bond donors (Lipinski definition) is 1. The fraction of sp³-hybridized carbons (Fsp3) is 0.462. The topological polar surface area (TPSA) is 70.5 Å². The van der Waals surface area contributed by atoms with Crippen molar-refractivity contribution in [3.63, 3.8) is 0 Å². The van der Waals surface area contributed by atoms with Crippen molar-refractivity contribution in [3.8, 4) is 0 Å². The molecule has 0 saturated heterocycles. The van der Waals surface area contributed by atoms with Crippen molar-refractivity contribution in [1.29, 1.82) is 0 Å². The number of pyridine rings is 1. The van der Waals surface area contributed by atoms with E-state index in [1.165, 1.54) is 18.3 Å². The Morgan fingerprint density at radius 3 is 2.79 bits per heavy atom. The first-order valence-corrected chi connectivity index (χ1v) is 7.32. The standard InChI is InChI=1S/C13H18N2O3S/c1-9(5-7-19-3)15(2)12(16)10-4-6-14-11(8-10)13(17)18/h4,6,8-9H,5,7H2,1-3H3,(H,17,18). The van der Waals surface area contributed by atoms with E-state index in [1.807, 2.05) is 13.2 Å². The molecule has 1 atom stereocenters. The first-order valence-electron chi connectivity index (χ1n) is 5.92. The first kappa shape index (κ1) is 15.5.